The molecular formula is C23H18F3NO4S. The second-order valence-corrected chi connectivity index (χ2v) is 7.72. The van der Waals surface area contributed by atoms with Crippen molar-refractivity contribution >= 4 is 17.7 Å². The summed E-state index contributed by atoms with van der Waals surface area (Å²) in [6, 6.07) is 17.2. The predicted octanol–water partition coefficient (Wildman–Crippen LogP) is 6.63. The van der Waals surface area contributed by atoms with Gasteiger partial charge in [-0.3, -0.25) is 4.79 Å². The van der Waals surface area contributed by atoms with E-state index in [2.05, 4.69) is 5.18 Å². The molecule has 0 aromatic heterocycles. The van der Waals surface area contributed by atoms with E-state index in [0.29, 0.717) is 16.9 Å². The highest BCUT2D eigenvalue weighted by atomic mass is 32.2. The topological polar surface area (TPSA) is 65.0 Å². The summed E-state index contributed by atoms with van der Waals surface area (Å²) in [7, 11) is 1.42. The normalized spacial score (nSPS) is 11.1. The Bertz CT molecular complexity index is 1100. The monoisotopic (exact) mass is 461 g/mol. The molecule has 3 aromatic carbocycles. The van der Waals surface area contributed by atoms with Crippen molar-refractivity contribution in [1.29, 1.82) is 0 Å². The molecule has 0 bridgehead atoms. The number of rotatable bonds is 8. The molecule has 0 spiro atoms. The summed E-state index contributed by atoms with van der Waals surface area (Å²) in [5, 5.41) is 2.37. The average molecular weight is 461 g/mol. The van der Waals surface area contributed by atoms with E-state index in [4.69, 9.17) is 9.47 Å². The number of carbonyl (C=O) groups is 1. The molecule has 0 aliphatic carbocycles. The fraction of sp³-hybridized carbons (Fsp3) is 0.174. The lowest BCUT2D eigenvalue weighted by molar-refractivity contribution is -0.137. The summed E-state index contributed by atoms with van der Waals surface area (Å²) < 4.78 is 51.0. The van der Waals surface area contributed by atoms with Gasteiger partial charge in [0.25, 0.3) is 5.91 Å². The van der Waals surface area contributed by atoms with Crippen LogP contribution in [0.1, 0.15) is 16.7 Å². The number of ether oxygens (including phenoxy) is 2. The third-order valence-corrected chi connectivity index (χ3v) is 5.49. The second kappa shape index (κ2) is 10.3. The quantitative estimate of drug-likeness (QED) is 0.278. The van der Waals surface area contributed by atoms with Crippen molar-refractivity contribution < 1.29 is 27.4 Å². The lowest BCUT2D eigenvalue weighted by atomic mass is 10.1. The molecule has 1 amide bonds. The van der Waals surface area contributed by atoms with Gasteiger partial charge < -0.3 is 9.47 Å². The van der Waals surface area contributed by atoms with E-state index in [1.165, 1.54) is 31.0 Å². The minimum Gasteiger partial charge on any atom is -0.493 e. The van der Waals surface area contributed by atoms with Crippen LogP contribution in [0.3, 0.4) is 0 Å². The van der Waals surface area contributed by atoms with E-state index in [-0.39, 0.29) is 23.7 Å². The van der Waals surface area contributed by atoms with Gasteiger partial charge in [0.2, 0.25) is 0 Å². The van der Waals surface area contributed by atoms with E-state index in [9.17, 15) is 22.9 Å². The molecular weight excluding hydrogens is 443 g/mol. The van der Waals surface area contributed by atoms with Gasteiger partial charge in [0.05, 0.1) is 19.1 Å². The largest absolute Gasteiger partial charge is 0.493 e. The van der Waals surface area contributed by atoms with Gasteiger partial charge in [-0.05, 0) is 48.0 Å². The number of methoxy groups -OCH3 is 1. The summed E-state index contributed by atoms with van der Waals surface area (Å²) in [4.78, 5) is 22.7. The number of hydrogen-bond acceptors (Lipinski definition) is 5. The summed E-state index contributed by atoms with van der Waals surface area (Å²) in [6.07, 6.45) is -4.72. The first-order valence-corrected chi connectivity index (χ1v) is 10.4. The highest BCUT2D eigenvalue weighted by Crippen LogP contribution is 2.39. The third-order valence-electron chi connectivity index (χ3n) is 4.43. The Labute approximate surface area is 186 Å². The van der Waals surface area contributed by atoms with Crippen LogP contribution in [0, 0.1) is 4.91 Å². The number of thioether (sulfide) groups is 1. The van der Waals surface area contributed by atoms with Gasteiger partial charge in [0, 0.05) is 21.4 Å². The van der Waals surface area contributed by atoms with Gasteiger partial charge >= 0.3 is 6.18 Å². The number of alkyl halides is 3. The van der Waals surface area contributed by atoms with Crippen LogP contribution in [-0.4, -0.2) is 13.0 Å². The van der Waals surface area contributed by atoms with Gasteiger partial charge in [-0.2, -0.15) is 13.2 Å². The minimum absolute atomic E-state index is 0.203. The predicted molar refractivity (Wildman–Crippen MR) is 115 cm³/mol. The maximum atomic E-state index is 13.3. The summed E-state index contributed by atoms with van der Waals surface area (Å²) in [6.45, 7) is 0. The molecule has 0 unspecified atom stereocenters. The Morgan fingerprint density at radius 2 is 1.69 bits per heavy atom. The molecule has 0 radical (unpaired) electrons. The molecule has 0 N–H and O–H groups in total. The first kappa shape index (κ1) is 23.3. The lowest BCUT2D eigenvalue weighted by Gasteiger charge is -2.16. The Balaban J connectivity index is 1.94. The average Bonchev–Trinajstić information content (AvgIpc) is 2.78. The Kier molecular flexibility index (Phi) is 7.53. The van der Waals surface area contributed by atoms with E-state index >= 15 is 0 Å². The maximum Gasteiger partial charge on any atom is 0.416 e. The maximum absolute atomic E-state index is 13.3. The van der Waals surface area contributed by atoms with Gasteiger partial charge in [0.15, 0.2) is 11.5 Å². The Hall–Kier alpha value is -3.33. The fourth-order valence-corrected chi connectivity index (χ4v) is 3.78. The van der Waals surface area contributed by atoms with Crippen molar-refractivity contribution in [3.8, 4) is 17.2 Å². The van der Waals surface area contributed by atoms with Gasteiger partial charge in [0.1, 0.15) is 5.75 Å². The molecule has 0 fully saturated rings. The van der Waals surface area contributed by atoms with Gasteiger partial charge in [-0.1, -0.05) is 24.3 Å². The van der Waals surface area contributed by atoms with Crippen LogP contribution in [0.4, 0.5) is 13.2 Å². The van der Waals surface area contributed by atoms with Crippen molar-refractivity contribution in [3.05, 3.63) is 88.3 Å². The molecule has 0 saturated heterocycles. The number of nitroso groups, excluding NO2 is 1. The van der Waals surface area contributed by atoms with Crippen LogP contribution in [0.2, 0.25) is 0 Å². The molecule has 0 aliphatic heterocycles. The van der Waals surface area contributed by atoms with Crippen LogP contribution in [0.5, 0.6) is 17.2 Å². The number of halogens is 3. The number of hydrogen-bond donors (Lipinski definition) is 0. The van der Waals surface area contributed by atoms with Crippen LogP contribution in [-0.2, 0) is 23.1 Å². The molecule has 3 rings (SSSR count). The van der Waals surface area contributed by atoms with Crippen LogP contribution < -0.4 is 9.47 Å². The van der Waals surface area contributed by atoms with E-state index in [0.717, 1.165) is 17.0 Å². The molecule has 0 aliphatic rings. The zero-order valence-electron chi connectivity index (χ0n) is 16.9. The SMILES string of the molecule is COc1ccc(CC(=O)N=O)cc1Oc1ccc(C(F)(F)F)cc1CSc1ccccc1. The molecule has 0 heterocycles. The molecule has 166 valence electrons. The van der Waals surface area contributed by atoms with Gasteiger partial charge in [-0.15, -0.1) is 16.7 Å². The van der Waals surface area contributed by atoms with Crippen LogP contribution >= 0.6 is 11.8 Å². The van der Waals surface area contributed by atoms with Crippen molar-refractivity contribution in [2.75, 3.05) is 7.11 Å². The fourth-order valence-electron chi connectivity index (χ4n) is 2.88. The third kappa shape index (κ3) is 6.10. The summed E-state index contributed by atoms with van der Waals surface area (Å²) in [5.74, 6) is 0.127. The first-order chi connectivity index (χ1) is 15.3. The zero-order chi connectivity index (χ0) is 23.1. The number of amides is 1. The number of benzene rings is 3. The Morgan fingerprint density at radius 3 is 2.34 bits per heavy atom. The number of nitrogens with zero attached hydrogens (tertiary/aromatic N) is 1. The molecule has 9 heteroatoms. The summed E-state index contributed by atoms with van der Waals surface area (Å²) in [5.41, 5.74) is 0.0150. The number of carbonyl (C=O) groups excluding carboxylic acids is 1. The zero-order valence-corrected chi connectivity index (χ0v) is 17.7. The molecule has 0 saturated carbocycles. The standard InChI is InChI=1S/C23H18F3NO4S/c1-30-20-9-7-15(12-22(28)27-29)11-21(20)31-19-10-8-17(23(24,25)26)13-16(19)14-32-18-5-3-2-4-6-18/h2-11,13H,12,14H2,1H3. The van der Waals surface area contributed by atoms with Crippen molar-refractivity contribution in [2.24, 2.45) is 5.18 Å². The van der Waals surface area contributed by atoms with E-state index in [1.807, 2.05) is 30.3 Å². The van der Waals surface area contributed by atoms with Gasteiger partial charge in [-0.25, -0.2) is 0 Å². The van der Waals surface area contributed by atoms with Crippen molar-refractivity contribution in [2.45, 2.75) is 23.2 Å². The molecule has 5 nitrogen and oxygen atoms in total. The highest BCUT2D eigenvalue weighted by Gasteiger charge is 2.31. The molecule has 32 heavy (non-hydrogen) atoms. The molecule has 0 atom stereocenters. The molecule has 3 aromatic rings. The Morgan fingerprint density at radius 1 is 0.969 bits per heavy atom. The van der Waals surface area contributed by atoms with Crippen LogP contribution in [0.25, 0.3) is 0 Å². The highest BCUT2D eigenvalue weighted by molar-refractivity contribution is 7.98. The van der Waals surface area contributed by atoms with Crippen molar-refractivity contribution in [1.82, 2.24) is 0 Å². The smallest absolute Gasteiger partial charge is 0.416 e. The summed E-state index contributed by atoms with van der Waals surface area (Å²) >= 11 is 1.37. The second-order valence-electron chi connectivity index (χ2n) is 6.67. The minimum atomic E-state index is -4.50. The first-order valence-electron chi connectivity index (χ1n) is 9.39. The van der Waals surface area contributed by atoms with Crippen molar-refractivity contribution in [3.63, 3.8) is 0 Å². The van der Waals surface area contributed by atoms with E-state index < -0.39 is 17.6 Å². The van der Waals surface area contributed by atoms with Crippen LogP contribution in [0.15, 0.2) is 76.8 Å². The van der Waals surface area contributed by atoms with E-state index in [1.54, 1.807) is 12.1 Å². The lowest BCUT2D eigenvalue weighted by Crippen LogP contribution is -2.06.